The molecule has 0 bridgehead atoms. The van der Waals surface area contributed by atoms with Gasteiger partial charge in [-0.25, -0.2) is 9.97 Å². The summed E-state index contributed by atoms with van der Waals surface area (Å²) in [6.45, 7) is 8.76. The van der Waals surface area contributed by atoms with Crippen LogP contribution in [0.1, 0.15) is 55.6 Å². The molecule has 3 aromatic rings. The van der Waals surface area contributed by atoms with Gasteiger partial charge in [-0.1, -0.05) is 29.8 Å². The Kier molecular flexibility index (Phi) is 5.47. The van der Waals surface area contributed by atoms with Crippen LogP contribution in [0.25, 0.3) is 0 Å². The van der Waals surface area contributed by atoms with Crippen LogP contribution in [0, 0.1) is 27.7 Å². The number of aromatic amines is 1. The Balaban J connectivity index is 1.54. The number of carbonyl (C=O) groups is 1. The molecule has 1 fully saturated rings. The van der Waals surface area contributed by atoms with Crippen molar-refractivity contribution >= 4 is 17.2 Å². The van der Waals surface area contributed by atoms with Crippen molar-refractivity contribution in [3.63, 3.8) is 0 Å². The standard InChI is InChI=1S/C21H25N5O2S/c1-12-6-5-7-16(8-12)11-28-17-9-18(20-23-14(3)24-25-20)26(10-17)21(27)19-13(2)22-15(4)29-19/h5-8,17-18H,9-11H2,1-4H3,(H,23,24,25)/t17-,18-/m0/s1. The van der Waals surface area contributed by atoms with Crippen molar-refractivity contribution in [1.29, 1.82) is 0 Å². The van der Waals surface area contributed by atoms with E-state index in [9.17, 15) is 4.79 Å². The maximum absolute atomic E-state index is 13.3. The maximum atomic E-state index is 13.3. The number of aromatic nitrogens is 4. The van der Waals surface area contributed by atoms with Crippen LogP contribution in [0.15, 0.2) is 24.3 Å². The van der Waals surface area contributed by atoms with Crippen molar-refractivity contribution in [2.45, 2.75) is 52.9 Å². The number of amides is 1. The first kappa shape index (κ1) is 19.7. The third kappa shape index (κ3) is 4.23. The zero-order chi connectivity index (χ0) is 20.5. The summed E-state index contributed by atoms with van der Waals surface area (Å²) in [7, 11) is 0. The highest BCUT2D eigenvalue weighted by atomic mass is 32.1. The van der Waals surface area contributed by atoms with Gasteiger partial charge < -0.3 is 9.64 Å². The minimum absolute atomic E-state index is 0.0257. The molecule has 0 spiro atoms. The Bertz CT molecular complexity index is 1030. The first-order chi connectivity index (χ1) is 13.9. The molecular formula is C21H25N5O2S. The Morgan fingerprint density at radius 2 is 2.10 bits per heavy atom. The van der Waals surface area contributed by atoms with Gasteiger partial charge in [0.1, 0.15) is 10.7 Å². The van der Waals surface area contributed by atoms with Crippen molar-refractivity contribution in [3.8, 4) is 0 Å². The summed E-state index contributed by atoms with van der Waals surface area (Å²) in [6, 6.07) is 8.08. The molecule has 2 atom stereocenters. The number of ether oxygens (including phenoxy) is 1. The van der Waals surface area contributed by atoms with E-state index in [-0.39, 0.29) is 18.1 Å². The predicted molar refractivity (Wildman–Crippen MR) is 111 cm³/mol. The third-order valence-corrected chi connectivity index (χ3v) is 6.16. The van der Waals surface area contributed by atoms with E-state index in [1.54, 1.807) is 0 Å². The smallest absolute Gasteiger partial charge is 0.266 e. The molecule has 1 aromatic carbocycles. The number of H-pyrrole nitrogens is 1. The molecular weight excluding hydrogens is 386 g/mol. The van der Waals surface area contributed by atoms with Crippen molar-refractivity contribution in [1.82, 2.24) is 25.1 Å². The fourth-order valence-electron chi connectivity index (χ4n) is 3.77. The van der Waals surface area contributed by atoms with Gasteiger partial charge >= 0.3 is 0 Å². The van der Waals surface area contributed by atoms with Gasteiger partial charge in [-0.2, -0.15) is 5.10 Å². The minimum Gasteiger partial charge on any atom is -0.372 e. The molecule has 3 heterocycles. The van der Waals surface area contributed by atoms with E-state index in [1.807, 2.05) is 31.7 Å². The van der Waals surface area contributed by atoms with Gasteiger partial charge in [0, 0.05) is 13.0 Å². The van der Waals surface area contributed by atoms with Crippen LogP contribution in [0.4, 0.5) is 0 Å². The highest BCUT2D eigenvalue weighted by molar-refractivity contribution is 7.13. The number of hydrogen-bond donors (Lipinski definition) is 1. The van der Waals surface area contributed by atoms with Gasteiger partial charge in [-0.15, -0.1) is 11.3 Å². The number of nitrogens with zero attached hydrogens (tertiary/aromatic N) is 4. The van der Waals surface area contributed by atoms with E-state index < -0.39 is 0 Å². The number of carbonyl (C=O) groups excluding carboxylic acids is 1. The van der Waals surface area contributed by atoms with Gasteiger partial charge in [0.2, 0.25) is 0 Å². The average molecular weight is 412 g/mol. The predicted octanol–water partition coefficient (Wildman–Crippen LogP) is 3.67. The maximum Gasteiger partial charge on any atom is 0.266 e. The summed E-state index contributed by atoms with van der Waals surface area (Å²) in [6.07, 6.45) is 0.601. The van der Waals surface area contributed by atoms with Crippen molar-refractivity contribution < 1.29 is 9.53 Å². The number of aryl methyl sites for hydroxylation is 4. The molecule has 8 heteroatoms. The summed E-state index contributed by atoms with van der Waals surface area (Å²) in [4.78, 5) is 24.7. The fourth-order valence-corrected chi connectivity index (χ4v) is 4.65. The monoisotopic (exact) mass is 411 g/mol. The van der Waals surface area contributed by atoms with Crippen LogP contribution >= 0.6 is 11.3 Å². The Morgan fingerprint density at radius 3 is 2.76 bits per heavy atom. The molecule has 1 aliphatic heterocycles. The lowest BCUT2D eigenvalue weighted by Gasteiger charge is -2.21. The third-order valence-electron chi connectivity index (χ3n) is 5.10. The molecule has 1 amide bonds. The molecule has 2 aromatic heterocycles. The molecule has 29 heavy (non-hydrogen) atoms. The van der Waals surface area contributed by atoms with E-state index in [4.69, 9.17) is 4.74 Å². The molecule has 1 N–H and O–H groups in total. The number of nitrogens with one attached hydrogen (secondary N) is 1. The zero-order valence-corrected chi connectivity index (χ0v) is 17.9. The lowest BCUT2D eigenvalue weighted by atomic mass is 10.1. The van der Waals surface area contributed by atoms with E-state index in [0.29, 0.717) is 30.3 Å². The van der Waals surface area contributed by atoms with Crippen LogP contribution in [0.5, 0.6) is 0 Å². The topological polar surface area (TPSA) is 84.0 Å². The first-order valence-corrected chi connectivity index (χ1v) is 10.5. The highest BCUT2D eigenvalue weighted by Crippen LogP contribution is 2.35. The van der Waals surface area contributed by atoms with Gasteiger partial charge in [0.05, 0.1) is 29.5 Å². The van der Waals surface area contributed by atoms with E-state index >= 15 is 0 Å². The summed E-state index contributed by atoms with van der Waals surface area (Å²) >= 11 is 1.43. The fraction of sp³-hybridized carbons (Fsp3) is 0.429. The van der Waals surface area contributed by atoms with Crippen LogP contribution in [-0.2, 0) is 11.3 Å². The molecule has 0 unspecified atom stereocenters. The lowest BCUT2D eigenvalue weighted by molar-refractivity contribution is 0.0438. The second-order valence-electron chi connectivity index (χ2n) is 7.56. The average Bonchev–Trinajstić information content (AvgIpc) is 3.38. The number of hydrogen-bond acceptors (Lipinski definition) is 6. The number of thiazole rings is 1. The molecule has 7 nitrogen and oxygen atoms in total. The summed E-state index contributed by atoms with van der Waals surface area (Å²) in [5, 5.41) is 8.10. The molecule has 0 radical (unpaired) electrons. The summed E-state index contributed by atoms with van der Waals surface area (Å²) < 4.78 is 6.18. The summed E-state index contributed by atoms with van der Waals surface area (Å²) in [5.74, 6) is 1.35. The largest absolute Gasteiger partial charge is 0.372 e. The van der Waals surface area contributed by atoms with Gasteiger partial charge in [0.15, 0.2) is 5.82 Å². The van der Waals surface area contributed by atoms with Crippen molar-refractivity contribution in [2.75, 3.05) is 6.54 Å². The second-order valence-corrected chi connectivity index (χ2v) is 8.76. The Morgan fingerprint density at radius 1 is 1.28 bits per heavy atom. The number of likely N-dealkylation sites (tertiary alicyclic amines) is 1. The van der Waals surface area contributed by atoms with Crippen molar-refractivity contribution in [3.05, 3.63) is 62.6 Å². The molecule has 1 aliphatic rings. The van der Waals surface area contributed by atoms with E-state index in [1.165, 1.54) is 16.9 Å². The molecule has 1 saturated heterocycles. The van der Waals surface area contributed by atoms with Crippen molar-refractivity contribution in [2.24, 2.45) is 0 Å². The highest BCUT2D eigenvalue weighted by Gasteiger charge is 2.40. The zero-order valence-electron chi connectivity index (χ0n) is 17.1. The molecule has 0 aliphatic carbocycles. The Hall–Kier alpha value is -2.58. The van der Waals surface area contributed by atoms with Crippen LogP contribution < -0.4 is 0 Å². The second kappa shape index (κ2) is 8.04. The van der Waals surface area contributed by atoms with Gasteiger partial charge in [-0.05, 0) is 33.3 Å². The number of benzene rings is 1. The summed E-state index contributed by atoms with van der Waals surface area (Å²) in [5.41, 5.74) is 3.11. The van der Waals surface area contributed by atoms with E-state index in [2.05, 4.69) is 45.3 Å². The Labute approximate surface area is 174 Å². The van der Waals surface area contributed by atoms with E-state index in [0.717, 1.165) is 22.1 Å². The van der Waals surface area contributed by atoms with Crippen LogP contribution in [0.2, 0.25) is 0 Å². The first-order valence-electron chi connectivity index (χ1n) is 9.71. The van der Waals surface area contributed by atoms with Gasteiger partial charge in [0.25, 0.3) is 5.91 Å². The SMILES string of the molecule is Cc1cccc(CO[C@H]2C[C@@H](c3n[nH]c(C)n3)N(C(=O)c3sc(C)nc3C)C2)c1. The normalized spacial score (nSPS) is 19.1. The molecule has 4 rings (SSSR count). The van der Waals surface area contributed by atoms with Crippen LogP contribution in [-0.4, -0.2) is 43.6 Å². The van der Waals surface area contributed by atoms with Crippen LogP contribution in [0.3, 0.4) is 0 Å². The molecule has 152 valence electrons. The quantitative estimate of drug-likeness (QED) is 0.693. The number of rotatable bonds is 5. The molecule has 0 saturated carbocycles. The van der Waals surface area contributed by atoms with Gasteiger partial charge in [-0.3, -0.25) is 9.89 Å². The lowest BCUT2D eigenvalue weighted by Crippen LogP contribution is -2.32. The minimum atomic E-state index is -0.211.